The average molecular weight is 372 g/mol. The summed E-state index contributed by atoms with van der Waals surface area (Å²) in [5.74, 6) is -2.77. The van der Waals surface area contributed by atoms with Gasteiger partial charge in [-0.25, -0.2) is 4.79 Å². The van der Waals surface area contributed by atoms with Crippen LogP contribution in [0.1, 0.15) is 30.6 Å². The van der Waals surface area contributed by atoms with Gasteiger partial charge in [0.05, 0.1) is 16.5 Å². The van der Waals surface area contributed by atoms with Crippen LogP contribution in [-0.2, 0) is 9.59 Å². The minimum absolute atomic E-state index is 0.0433. The molecule has 0 bridgehead atoms. The molecule has 3 N–H and O–H groups in total. The molecule has 0 aliphatic heterocycles. The molecule has 0 aromatic heterocycles. The van der Waals surface area contributed by atoms with Crippen molar-refractivity contribution < 1.29 is 24.4 Å². The standard InChI is InChI=1S/C15H18ClN3O6/c1-8(2)6-10(15(22)23)18-12(20)7-17-14(21)13-9(16)4-3-5-11(13)19(24)25/h3-5,8,10H,6-7H2,1-2H3,(H,17,21)(H,18,20)(H,22,23). The molecule has 136 valence electrons. The monoisotopic (exact) mass is 371 g/mol. The van der Waals surface area contributed by atoms with E-state index in [-0.39, 0.29) is 22.9 Å². The highest BCUT2D eigenvalue weighted by Gasteiger charge is 2.25. The Morgan fingerprint density at radius 2 is 1.96 bits per heavy atom. The largest absolute Gasteiger partial charge is 0.480 e. The van der Waals surface area contributed by atoms with E-state index in [4.69, 9.17) is 16.7 Å². The van der Waals surface area contributed by atoms with Crippen molar-refractivity contribution in [1.82, 2.24) is 10.6 Å². The van der Waals surface area contributed by atoms with Crippen LogP contribution in [0.5, 0.6) is 0 Å². The molecule has 0 spiro atoms. The Labute approximate surface area is 148 Å². The van der Waals surface area contributed by atoms with Crippen LogP contribution < -0.4 is 10.6 Å². The normalized spacial score (nSPS) is 11.7. The zero-order chi connectivity index (χ0) is 19.1. The molecule has 0 heterocycles. The topological polar surface area (TPSA) is 139 Å². The Bertz CT molecular complexity index is 692. The molecule has 0 fully saturated rings. The van der Waals surface area contributed by atoms with Crippen molar-refractivity contribution in [3.05, 3.63) is 38.9 Å². The Morgan fingerprint density at radius 3 is 2.48 bits per heavy atom. The molecule has 1 aromatic rings. The molecule has 25 heavy (non-hydrogen) atoms. The summed E-state index contributed by atoms with van der Waals surface area (Å²) in [6.07, 6.45) is 0.227. The number of hydrogen-bond acceptors (Lipinski definition) is 5. The fraction of sp³-hybridized carbons (Fsp3) is 0.400. The van der Waals surface area contributed by atoms with Gasteiger partial charge in [0, 0.05) is 6.07 Å². The smallest absolute Gasteiger partial charge is 0.326 e. The SMILES string of the molecule is CC(C)CC(NC(=O)CNC(=O)c1c(Cl)cccc1[N+](=O)[O-])C(=O)O. The fourth-order valence-electron chi connectivity index (χ4n) is 2.08. The van der Waals surface area contributed by atoms with Crippen molar-refractivity contribution in [2.24, 2.45) is 5.92 Å². The van der Waals surface area contributed by atoms with Crippen LogP contribution in [0.3, 0.4) is 0 Å². The van der Waals surface area contributed by atoms with E-state index in [9.17, 15) is 24.5 Å². The molecular weight excluding hydrogens is 354 g/mol. The number of nitro groups is 1. The van der Waals surface area contributed by atoms with E-state index < -0.39 is 41.0 Å². The van der Waals surface area contributed by atoms with Crippen molar-refractivity contribution in [3.63, 3.8) is 0 Å². The molecule has 0 radical (unpaired) electrons. The van der Waals surface area contributed by atoms with Crippen molar-refractivity contribution in [2.75, 3.05) is 6.54 Å². The van der Waals surface area contributed by atoms with Crippen LogP contribution in [0.2, 0.25) is 5.02 Å². The Hall–Kier alpha value is -2.68. The van der Waals surface area contributed by atoms with E-state index >= 15 is 0 Å². The molecule has 1 aromatic carbocycles. The van der Waals surface area contributed by atoms with Crippen LogP contribution in [0, 0.1) is 16.0 Å². The molecule has 0 saturated carbocycles. The van der Waals surface area contributed by atoms with Crippen molar-refractivity contribution in [2.45, 2.75) is 26.3 Å². The first kappa shape index (κ1) is 20.4. The molecule has 1 atom stereocenters. The van der Waals surface area contributed by atoms with Gasteiger partial charge >= 0.3 is 5.97 Å². The molecule has 2 amide bonds. The van der Waals surface area contributed by atoms with Gasteiger partial charge in [-0.3, -0.25) is 19.7 Å². The van der Waals surface area contributed by atoms with Gasteiger partial charge < -0.3 is 15.7 Å². The predicted octanol–water partition coefficient (Wildman–Crippen LogP) is 1.59. The summed E-state index contributed by atoms with van der Waals surface area (Å²) in [6, 6.07) is 2.67. The van der Waals surface area contributed by atoms with Gasteiger partial charge in [-0.2, -0.15) is 0 Å². The summed E-state index contributed by atoms with van der Waals surface area (Å²) < 4.78 is 0. The lowest BCUT2D eigenvalue weighted by molar-refractivity contribution is -0.385. The van der Waals surface area contributed by atoms with Crippen molar-refractivity contribution in [3.8, 4) is 0 Å². The van der Waals surface area contributed by atoms with Gasteiger partial charge in [0.2, 0.25) is 5.91 Å². The van der Waals surface area contributed by atoms with Gasteiger partial charge in [0.15, 0.2) is 0 Å². The lowest BCUT2D eigenvalue weighted by atomic mass is 10.0. The number of aliphatic carboxylic acids is 1. The number of hydrogen-bond donors (Lipinski definition) is 3. The highest BCUT2D eigenvalue weighted by atomic mass is 35.5. The molecule has 1 unspecified atom stereocenters. The number of halogens is 1. The summed E-state index contributed by atoms with van der Waals surface area (Å²) in [4.78, 5) is 45.2. The number of nitrogens with one attached hydrogen (secondary N) is 2. The molecule has 0 aliphatic rings. The number of nitro benzene ring substituents is 1. The maximum atomic E-state index is 12.1. The zero-order valence-electron chi connectivity index (χ0n) is 13.6. The van der Waals surface area contributed by atoms with E-state index in [0.717, 1.165) is 6.07 Å². The number of carbonyl (C=O) groups excluding carboxylic acids is 2. The van der Waals surface area contributed by atoms with Crippen molar-refractivity contribution >= 4 is 35.1 Å². The second-order valence-electron chi connectivity index (χ2n) is 5.66. The summed E-state index contributed by atoms with van der Waals surface area (Å²) in [6.45, 7) is 3.07. The maximum Gasteiger partial charge on any atom is 0.326 e. The second-order valence-corrected chi connectivity index (χ2v) is 6.07. The highest BCUT2D eigenvalue weighted by molar-refractivity contribution is 6.34. The predicted molar refractivity (Wildman–Crippen MR) is 89.5 cm³/mol. The number of carbonyl (C=O) groups is 3. The average Bonchev–Trinajstić information content (AvgIpc) is 2.51. The number of benzene rings is 1. The Kier molecular flexibility index (Phi) is 7.31. The van der Waals surface area contributed by atoms with Gasteiger partial charge in [-0.05, 0) is 18.4 Å². The van der Waals surface area contributed by atoms with Crippen LogP contribution in [0.4, 0.5) is 5.69 Å². The summed E-state index contributed by atoms with van der Waals surface area (Å²) in [7, 11) is 0. The maximum absolute atomic E-state index is 12.1. The van der Waals surface area contributed by atoms with Gasteiger partial charge in [-0.15, -0.1) is 0 Å². The van der Waals surface area contributed by atoms with E-state index in [2.05, 4.69) is 10.6 Å². The van der Waals surface area contributed by atoms with Crippen LogP contribution in [0.15, 0.2) is 18.2 Å². The first-order chi connectivity index (χ1) is 11.6. The number of amides is 2. The van der Waals surface area contributed by atoms with Gasteiger partial charge in [0.25, 0.3) is 11.6 Å². The molecule has 0 aliphatic carbocycles. The summed E-state index contributed by atoms with van der Waals surface area (Å²) in [5.41, 5.74) is -0.854. The van der Waals surface area contributed by atoms with Gasteiger partial charge in [-0.1, -0.05) is 31.5 Å². The van der Waals surface area contributed by atoms with Crippen LogP contribution in [-0.4, -0.2) is 40.4 Å². The third kappa shape index (κ3) is 6.03. The summed E-state index contributed by atoms with van der Waals surface area (Å²) in [5, 5.41) is 24.4. The van der Waals surface area contributed by atoms with E-state index in [0.29, 0.717) is 0 Å². The second kappa shape index (κ2) is 8.97. The minimum Gasteiger partial charge on any atom is -0.480 e. The lowest BCUT2D eigenvalue weighted by Crippen LogP contribution is -2.46. The first-order valence-electron chi connectivity index (χ1n) is 7.36. The third-order valence-corrected chi connectivity index (χ3v) is 3.48. The van der Waals surface area contributed by atoms with Crippen LogP contribution in [0.25, 0.3) is 0 Å². The Morgan fingerprint density at radius 1 is 1.32 bits per heavy atom. The van der Waals surface area contributed by atoms with Gasteiger partial charge in [0.1, 0.15) is 11.6 Å². The summed E-state index contributed by atoms with van der Waals surface area (Å²) >= 11 is 5.82. The van der Waals surface area contributed by atoms with Crippen LogP contribution >= 0.6 is 11.6 Å². The van der Waals surface area contributed by atoms with Crippen molar-refractivity contribution in [1.29, 1.82) is 0 Å². The number of rotatable bonds is 8. The molecular formula is C15H18ClN3O6. The highest BCUT2D eigenvalue weighted by Crippen LogP contribution is 2.25. The van der Waals surface area contributed by atoms with E-state index in [1.54, 1.807) is 13.8 Å². The number of carboxylic acid groups (broad SMARTS) is 1. The molecule has 10 heteroatoms. The molecule has 0 saturated heterocycles. The quantitative estimate of drug-likeness (QED) is 0.468. The Balaban J connectivity index is 2.75. The molecule has 9 nitrogen and oxygen atoms in total. The first-order valence-corrected chi connectivity index (χ1v) is 7.74. The van der Waals surface area contributed by atoms with E-state index in [1.807, 2.05) is 0 Å². The minimum atomic E-state index is -1.19. The molecule has 1 rings (SSSR count). The third-order valence-electron chi connectivity index (χ3n) is 3.17. The number of carboxylic acids is 1. The number of nitrogens with zero attached hydrogens (tertiary/aromatic N) is 1. The fourth-order valence-corrected chi connectivity index (χ4v) is 2.33. The lowest BCUT2D eigenvalue weighted by Gasteiger charge is -2.16. The van der Waals surface area contributed by atoms with E-state index in [1.165, 1.54) is 12.1 Å². The zero-order valence-corrected chi connectivity index (χ0v) is 14.4.